The van der Waals surface area contributed by atoms with E-state index in [0.29, 0.717) is 36.3 Å². The summed E-state index contributed by atoms with van der Waals surface area (Å²) in [7, 11) is -1.90. The highest BCUT2D eigenvalue weighted by Gasteiger charge is 2.39. The molecule has 0 fully saturated rings. The van der Waals surface area contributed by atoms with Gasteiger partial charge in [-0.25, -0.2) is 22.0 Å². The molecule has 0 radical (unpaired) electrons. The quantitative estimate of drug-likeness (QED) is 0.641. The number of sulfonamides is 1. The molecule has 1 heterocycles. The van der Waals surface area contributed by atoms with Gasteiger partial charge in [0.15, 0.2) is 0 Å². The Morgan fingerprint density at radius 3 is 2.77 bits per heavy atom. The van der Waals surface area contributed by atoms with Crippen molar-refractivity contribution in [2.24, 2.45) is 0 Å². The first-order valence-electron chi connectivity index (χ1n) is 8.42. The third-order valence-electron chi connectivity index (χ3n) is 4.56. The summed E-state index contributed by atoms with van der Waals surface area (Å²) in [5, 5.41) is 2.37. The van der Waals surface area contributed by atoms with Crippen LogP contribution in [0.25, 0.3) is 4.85 Å². The Hall–Kier alpha value is -2.43. The number of fused-ring (bicyclic) bond motifs is 1. The van der Waals surface area contributed by atoms with Gasteiger partial charge < -0.3 is 5.32 Å². The van der Waals surface area contributed by atoms with Gasteiger partial charge in [0.1, 0.15) is 5.82 Å². The Balaban J connectivity index is 2.15. The lowest BCUT2D eigenvalue weighted by atomic mass is 10.0. The van der Waals surface area contributed by atoms with E-state index in [9.17, 15) is 12.8 Å². The van der Waals surface area contributed by atoms with E-state index in [1.54, 1.807) is 24.3 Å². The average molecular weight is 373 g/mol. The van der Waals surface area contributed by atoms with Crippen LogP contribution >= 0.6 is 0 Å². The zero-order valence-electron chi connectivity index (χ0n) is 14.4. The molecule has 0 bridgehead atoms. The number of hydrogen-bond donors (Lipinski definition) is 1. The third kappa shape index (κ3) is 3.30. The summed E-state index contributed by atoms with van der Waals surface area (Å²) >= 11 is 0. The second-order valence-corrected chi connectivity index (χ2v) is 8.32. The summed E-state index contributed by atoms with van der Waals surface area (Å²) < 4.78 is 41.7. The van der Waals surface area contributed by atoms with Crippen molar-refractivity contribution in [3.05, 3.63) is 65.3 Å². The number of rotatable bonds is 5. The van der Waals surface area contributed by atoms with Gasteiger partial charge in [0.05, 0.1) is 23.2 Å². The first-order valence-corrected chi connectivity index (χ1v) is 9.93. The molecule has 2 aromatic rings. The molecular formula is C19H20FN3O2S. The fraction of sp³-hybridized carbons (Fsp3) is 0.316. The van der Waals surface area contributed by atoms with Crippen LogP contribution in [-0.2, 0) is 16.4 Å². The van der Waals surface area contributed by atoms with Crippen LogP contribution < -0.4 is 9.62 Å². The molecule has 0 aromatic heterocycles. The largest absolute Gasteiger partial charge is 0.320 e. The normalized spacial score (nSPS) is 18.2. The minimum Gasteiger partial charge on any atom is -0.320 e. The van der Waals surface area contributed by atoms with E-state index < -0.39 is 21.1 Å². The Bertz CT molecular complexity index is 953. The van der Waals surface area contributed by atoms with Crippen molar-refractivity contribution in [1.29, 1.82) is 0 Å². The van der Waals surface area contributed by atoms with Crippen molar-refractivity contribution < 1.29 is 12.8 Å². The minimum atomic E-state index is -3.72. The highest BCUT2D eigenvalue weighted by atomic mass is 32.2. The molecule has 3 rings (SSSR count). The molecule has 7 heteroatoms. The summed E-state index contributed by atoms with van der Waals surface area (Å²) in [6.07, 6.45) is 1.44. The number of halogens is 1. The Labute approximate surface area is 153 Å². The molecule has 0 unspecified atom stereocenters. The maximum atomic E-state index is 13.8. The molecule has 0 aliphatic carbocycles. The molecule has 1 aliphatic rings. The van der Waals surface area contributed by atoms with Crippen molar-refractivity contribution in [1.82, 2.24) is 5.32 Å². The molecule has 0 amide bonds. The summed E-state index contributed by atoms with van der Waals surface area (Å²) in [6, 6.07) is 10.7. The Kier molecular flexibility index (Phi) is 5.25. The molecule has 0 saturated heterocycles. The molecule has 5 nitrogen and oxygen atoms in total. The zero-order valence-corrected chi connectivity index (χ0v) is 15.3. The molecular weight excluding hydrogens is 353 g/mol. The Morgan fingerprint density at radius 1 is 1.27 bits per heavy atom. The van der Waals surface area contributed by atoms with Crippen LogP contribution in [0.5, 0.6) is 0 Å². The fourth-order valence-electron chi connectivity index (χ4n) is 3.31. The number of nitrogens with one attached hydrogen (secondary N) is 1. The average Bonchev–Trinajstić information content (AvgIpc) is 2.62. The van der Waals surface area contributed by atoms with E-state index in [2.05, 4.69) is 10.2 Å². The maximum absolute atomic E-state index is 13.8. The highest BCUT2D eigenvalue weighted by molar-refractivity contribution is 7.93. The van der Waals surface area contributed by atoms with E-state index in [0.717, 1.165) is 0 Å². The van der Waals surface area contributed by atoms with Gasteiger partial charge in [0.25, 0.3) is 0 Å². The van der Waals surface area contributed by atoms with Crippen LogP contribution in [0.1, 0.15) is 18.4 Å². The summed E-state index contributed by atoms with van der Waals surface area (Å²) in [5.74, 6) is -0.393. The van der Waals surface area contributed by atoms with E-state index >= 15 is 0 Å². The van der Waals surface area contributed by atoms with E-state index in [-0.39, 0.29) is 12.1 Å². The topological polar surface area (TPSA) is 53.8 Å². The number of benzene rings is 2. The zero-order chi connectivity index (χ0) is 18.7. The van der Waals surface area contributed by atoms with Gasteiger partial charge in [-0.05, 0) is 62.7 Å². The van der Waals surface area contributed by atoms with E-state index in [1.807, 2.05) is 7.05 Å². The lowest BCUT2D eigenvalue weighted by molar-refractivity contribution is 0.553. The smallest absolute Gasteiger partial charge is 0.241 e. The molecule has 0 spiro atoms. The van der Waals surface area contributed by atoms with Gasteiger partial charge in [-0.15, -0.1) is 0 Å². The van der Waals surface area contributed by atoms with Crippen molar-refractivity contribution in [3.63, 3.8) is 0 Å². The minimum absolute atomic E-state index is 0.252. The molecule has 0 saturated carbocycles. The summed E-state index contributed by atoms with van der Waals surface area (Å²) in [4.78, 5) is 3.46. The van der Waals surface area contributed by atoms with Gasteiger partial charge in [0.2, 0.25) is 15.7 Å². The second kappa shape index (κ2) is 7.44. The first kappa shape index (κ1) is 18.4. The van der Waals surface area contributed by atoms with Crippen molar-refractivity contribution in [2.75, 3.05) is 17.9 Å². The van der Waals surface area contributed by atoms with E-state index in [1.165, 1.54) is 22.5 Å². The van der Waals surface area contributed by atoms with Crippen LogP contribution in [0.3, 0.4) is 0 Å². The van der Waals surface area contributed by atoms with Crippen LogP contribution in [0.2, 0.25) is 0 Å². The molecule has 26 heavy (non-hydrogen) atoms. The monoisotopic (exact) mass is 373 g/mol. The number of nitrogens with zero attached hydrogens (tertiary/aromatic N) is 2. The van der Waals surface area contributed by atoms with E-state index in [4.69, 9.17) is 6.57 Å². The first-order chi connectivity index (χ1) is 12.5. The molecule has 136 valence electrons. The summed E-state index contributed by atoms with van der Waals surface area (Å²) in [5.41, 5.74) is 1.64. The number of para-hydroxylation sites is 2. The fourth-order valence-corrected chi connectivity index (χ4v) is 5.34. The maximum Gasteiger partial charge on any atom is 0.241 e. The van der Waals surface area contributed by atoms with Crippen LogP contribution in [0.15, 0.2) is 42.5 Å². The number of hydrogen-bond acceptors (Lipinski definition) is 3. The second-order valence-electron chi connectivity index (χ2n) is 6.25. The molecule has 2 aromatic carbocycles. The van der Waals surface area contributed by atoms with Crippen LogP contribution in [0, 0.1) is 12.4 Å². The van der Waals surface area contributed by atoms with Gasteiger partial charge >= 0.3 is 0 Å². The summed E-state index contributed by atoms with van der Waals surface area (Å²) in [6.45, 7) is 8.08. The van der Waals surface area contributed by atoms with Gasteiger partial charge in [0, 0.05) is 0 Å². The van der Waals surface area contributed by atoms with Gasteiger partial charge in [-0.2, -0.15) is 0 Å². The third-order valence-corrected chi connectivity index (χ3v) is 6.70. The molecule has 1 atom stereocenters. The van der Waals surface area contributed by atoms with Gasteiger partial charge in [-0.3, -0.25) is 0 Å². The molecule has 1 N–H and O–H groups in total. The lowest BCUT2D eigenvalue weighted by Gasteiger charge is -2.36. The van der Waals surface area contributed by atoms with Gasteiger partial charge in [-0.1, -0.05) is 18.2 Å². The van der Waals surface area contributed by atoms with Crippen molar-refractivity contribution >= 4 is 27.1 Å². The number of anilines is 2. The van der Waals surface area contributed by atoms with Crippen molar-refractivity contribution in [2.45, 2.75) is 24.5 Å². The molecule has 1 aliphatic heterocycles. The SMILES string of the molecule is [C-]#[N+]c1ccccc1N1c2ccc(F)cc2C[C@H](CCCNC)S1(=O)=O. The van der Waals surface area contributed by atoms with Crippen molar-refractivity contribution in [3.8, 4) is 0 Å². The highest BCUT2D eigenvalue weighted by Crippen LogP contribution is 2.43. The standard InChI is InChI=1S/C19H20FN3O2S/c1-21-11-5-6-16-13-14-12-15(20)9-10-18(14)23(26(16,24)25)19-8-4-3-7-17(19)22-2/h3-4,7-10,12,16,21H,5-6,11,13H2,1H3/t16-/m0/s1. The Morgan fingerprint density at radius 2 is 2.04 bits per heavy atom. The predicted molar refractivity (Wildman–Crippen MR) is 101 cm³/mol. The lowest BCUT2D eigenvalue weighted by Crippen LogP contribution is -2.41. The predicted octanol–water partition coefficient (Wildman–Crippen LogP) is 3.77. The van der Waals surface area contributed by atoms with Crippen LogP contribution in [0.4, 0.5) is 21.5 Å². The van der Waals surface area contributed by atoms with Crippen LogP contribution in [-0.4, -0.2) is 27.3 Å².